The molecule has 0 aliphatic rings. The monoisotopic (exact) mass is 265 g/mol. The number of hydrogen-bond acceptors (Lipinski definition) is 6. The third-order valence-corrected chi connectivity index (χ3v) is 3.53. The van der Waals surface area contributed by atoms with E-state index in [2.05, 4.69) is 20.4 Å². The maximum absolute atomic E-state index is 11.3. The molecule has 1 N–H and O–H groups in total. The lowest BCUT2D eigenvalue weighted by Gasteiger charge is -2.07. The first-order valence-corrected chi connectivity index (χ1v) is 5.91. The quantitative estimate of drug-likeness (QED) is 0.887. The Kier molecular flexibility index (Phi) is 3.28. The highest BCUT2D eigenvalue weighted by Gasteiger charge is 2.19. The Bertz CT molecular complexity index is 610. The zero-order valence-electron chi connectivity index (χ0n) is 10.1. The van der Waals surface area contributed by atoms with Crippen molar-refractivity contribution in [1.29, 1.82) is 0 Å². The highest BCUT2D eigenvalue weighted by molar-refractivity contribution is 7.99. The summed E-state index contributed by atoms with van der Waals surface area (Å²) < 4.78 is 1.69. The Morgan fingerprint density at radius 1 is 1.33 bits per heavy atom. The van der Waals surface area contributed by atoms with Crippen LogP contribution in [0.25, 0.3) is 0 Å². The van der Waals surface area contributed by atoms with Gasteiger partial charge in [-0.15, -0.1) is 15.3 Å². The molecule has 7 nitrogen and oxygen atoms in total. The van der Waals surface area contributed by atoms with Crippen LogP contribution in [0.4, 0.5) is 0 Å². The number of aromatic nitrogens is 5. The van der Waals surface area contributed by atoms with Crippen molar-refractivity contribution in [3.8, 4) is 0 Å². The van der Waals surface area contributed by atoms with Crippen molar-refractivity contribution >= 4 is 17.7 Å². The molecule has 0 unspecified atom stereocenters. The first-order chi connectivity index (χ1) is 8.50. The van der Waals surface area contributed by atoms with E-state index in [1.54, 1.807) is 25.5 Å². The second-order valence-electron chi connectivity index (χ2n) is 3.72. The van der Waals surface area contributed by atoms with Crippen LogP contribution in [0.1, 0.15) is 21.6 Å². The number of carbonyl (C=O) groups is 1. The largest absolute Gasteiger partial charge is 0.478 e. The lowest BCUT2D eigenvalue weighted by atomic mass is 10.1. The zero-order valence-corrected chi connectivity index (χ0v) is 10.9. The summed E-state index contributed by atoms with van der Waals surface area (Å²) in [7, 11) is 1.78. The van der Waals surface area contributed by atoms with Crippen LogP contribution in [0.3, 0.4) is 0 Å². The molecule has 0 radical (unpaired) electrons. The number of rotatable bonds is 3. The Hall–Kier alpha value is -1.96. The smallest absolute Gasteiger partial charge is 0.338 e. The Labute approximate surface area is 107 Å². The van der Waals surface area contributed by atoms with E-state index < -0.39 is 5.97 Å². The summed E-state index contributed by atoms with van der Waals surface area (Å²) in [5.74, 6) is -1.02. The number of aromatic carboxylic acids is 1. The van der Waals surface area contributed by atoms with E-state index in [1.807, 2.05) is 0 Å². The maximum Gasteiger partial charge on any atom is 0.338 e. The third-order valence-electron chi connectivity index (χ3n) is 2.49. The molecule has 0 aromatic carbocycles. The molecular weight excluding hydrogens is 254 g/mol. The molecule has 0 aliphatic heterocycles. The van der Waals surface area contributed by atoms with Gasteiger partial charge in [-0.1, -0.05) is 0 Å². The molecule has 0 saturated carbocycles. The van der Waals surface area contributed by atoms with Crippen molar-refractivity contribution in [3.63, 3.8) is 0 Å². The lowest BCUT2D eigenvalue weighted by Crippen LogP contribution is -2.08. The van der Waals surface area contributed by atoms with Crippen molar-refractivity contribution < 1.29 is 9.90 Å². The Balaban J connectivity index is 2.48. The van der Waals surface area contributed by atoms with Crippen molar-refractivity contribution in [3.05, 3.63) is 23.1 Å². The van der Waals surface area contributed by atoms with Gasteiger partial charge in [0.1, 0.15) is 11.4 Å². The van der Waals surface area contributed by atoms with E-state index in [1.165, 1.54) is 6.33 Å². The molecule has 2 aromatic heterocycles. The third kappa shape index (κ3) is 2.19. The molecule has 0 spiro atoms. The molecule has 0 saturated heterocycles. The highest BCUT2D eigenvalue weighted by atomic mass is 32.2. The molecule has 94 valence electrons. The van der Waals surface area contributed by atoms with Crippen molar-refractivity contribution in [2.75, 3.05) is 0 Å². The van der Waals surface area contributed by atoms with E-state index in [4.69, 9.17) is 0 Å². The number of hydrogen-bond donors (Lipinski definition) is 1. The fraction of sp³-hybridized carbons (Fsp3) is 0.300. The van der Waals surface area contributed by atoms with Crippen LogP contribution in [-0.2, 0) is 7.05 Å². The maximum atomic E-state index is 11.3. The first-order valence-electron chi connectivity index (χ1n) is 5.09. The standard InChI is InChI=1S/C10H11N5O2S/c1-5-6(2)12-13-8(7(5)9(16)17)18-10-14-11-4-15(10)3/h4H,1-3H3,(H,16,17). The van der Waals surface area contributed by atoms with E-state index in [9.17, 15) is 9.90 Å². The van der Waals surface area contributed by atoms with Gasteiger partial charge in [-0.3, -0.25) is 0 Å². The molecule has 2 rings (SSSR count). The van der Waals surface area contributed by atoms with Crippen molar-refractivity contribution in [1.82, 2.24) is 25.0 Å². The van der Waals surface area contributed by atoms with E-state index in [0.29, 0.717) is 21.4 Å². The number of nitrogens with zero attached hydrogens (tertiary/aromatic N) is 5. The van der Waals surface area contributed by atoms with Gasteiger partial charge in [0.15, 0.2) is 5.16 Å². The van der Waals surface area contributed by atoms with E-state index in [0.717, 1.165) is 11.8 Å². The van der Waals surface area contributed by atoms with Crippen LogP contribution in [-0.4, -0.2) is 36.0 Å². The molecule has 0 bridgehead atoms. The fourth-order valence-electron chi connectivity index (χ4n) is 1.36. The van der Waals surface area contributed by atoms with Crippen LogP contribution >= 0.6 is 11.8 Å². The van der Waals surface area contributed by atoms with Gasteiger partial charge in [-0.25, -0.2) is 4.79 Å². The second-order valence-corrected chi connectivity index (χ2v) is 4.68. The van der Waals surface area contributed by atoms with E-state index in [-0.39, 0.29) is 5.56 Å². The van der Waals surface area contributed by atoms with Gasteiger partial charge in [0.2, 0.25) is 0 Å². The first kappa shape index (κ1) is 12.5. The number of carboxylic acid groups (broad SMARTS) is 1. The van der Waals surface area contributed by atoms with Crippen LogP contribution < -0.4 is 0 Å². The van der Waals surface area contributed by atoms with Crippen LogP contribution in [0, 0.1) is 13.8 Å². The minimum Gasteiger partial charge on any atom is -0.478 e. The van der Waals surface area contributed by atoms with Gasteiger partial charge in [0, 0.05) is 7.05 Å². The molecule has 0 atom stereocenters. The minimum atomic E-state index is -1.02. The fourth-order valence-corrected chi connectivity index (χ4v) is 2.24. The van der Waals surface area contributed by atoms with Gasteiger partial charge in [-0.05, 0) is 31.2 Å². The van der Waals surface area contributed by atoms with Gasteiger partial charge in [0.05, 0.1) is 11.3 Å². The predicted octanol–water partition coefficient (Wildman–Crippen LogP) is 1.07. The van der Waals surface area contributed by atoms with Crippen molar-refractivity contribution in [2.45, 2.75) is 24.0 Å². The summed E-state index contributed by atoms with van der Waals surface area (Å²) in [5, 5.41) is 25.6. The second kappa shape index (κ2) is 4.73. The summed E-state index contributed by atoms with van der Waals surface area (Å²) in [4.78, 5) is 11.3. The average Bonchev–Trinajstić information content (AvgIpc) is 2.69. The number of carboxylic acids is 1. The topological polar surface area (TPSA) is 93.8 Å². The zero-order chi connectivity index (χ0) is 13.3. The molecule has 0 aliphatic carbocycles. The predicted molar refractivity (Wildman–Crippen MR) is 63.6 cm³/mol. The Morgan fingerprint density at radius 2 is 2.06 bits per heavy atom. The van der Waals surface area contributed by atoms with Gasteiger partial charge in [0.25, 0.3) is 0 Å². The minimum absolute atomic E-state index is 0.163. The van der Waals surface area contributed by atoms with Gasteiger partial charge < -0.3 is 9.67 Å². The molecule has 2 aromatic rings. The molecule has 8 heteroatoms. The highest BCUT2D eigenvalue weighted by Crippen LogP contribution is 2.28. The molecule has 18 heavy (non-hydrogen) atoms. The lowest BCUT2D eigenvalue weighted by molar-refractivity contribution is 0.0690. The molecule has 0 amide bonds. The van der Waals surface area contributed by atoms with Gasteiger partial charge >= 0.3 is 5.97 Å². The number of aryl methyl sites for hydroxylation is 2. The SMILES string of the molecule is Cc1nnc(Sc2nncn2C)c(C(=O)O)c1C. The summed E-state index contributed by atoms with van der Waals surface area (Å²) >= 11 is 1.13. The Morgan fingerprint density at radius 3 is 2.61 bits per heavy atom. The average molecular weight is 265 g/mol. The summed E-state index contributed by atoms with van der Waals surface area (Å²) in [6.45, 7) is 3.44. The summed E-state index contributed by atoms with van der Waals surface area (Å²) in [6, 6.07) is 0. The van der Waals surface area contributed by atoms with E-state index >= 15 is 0 Å². The van der Waals surface area contributed by atoms with Crippen LogP contribution in [0.15, 0.2) is 16.5 Å². The normalized spacial score (nSPS) is 10.6. The van der Waals surface area contributed by atoms with Gasteiger partial charge in [-0.2, -0.15) is 5.10 Å². The molecule has 0 fully saturated rings. The molecular formula is C10H11N5O2S. The summed E-state index contributed by atoms with van der Waals surface area (Å²) in [5.41, 5.74) is 1.38. The van der Waals surface area contributed by atoms with Crippen LogP contribution in [0.5, 0.6) is 0 Å². The van der Waals surface area contributed by atoms with Crippen LogP contribution in [0.2, 0.25) is 0 Å². The van der Waals surface area contributed by atoms with Crippen molar-refractivity contribution in [2.24, 2.45) is 7.05 Å². The summed E-state index contributed by atoms with van der Waals surface area (Å²) in [6.07, 6.45) is 1.54. The molecule has 2 heterocycles.